The van der Waals surface area contributed by atoms with E-state index in [1.54, 1.807) is 24.3 Å². The largest absolute Gasteiger partial charge is 0.324 e. The molecule has 33 heavy (non-hydrogen) atoms. The van der Waals surface area contributed by atoms with Gasteiger partial charge in [-0.05, 0) is 62.6 Å². The first kappa shape index (κ1) is 22.6. The van der Waals surface area contributed by atoms with Crippen LogP contribution in [0.4, 0.5) is 5.69 Å². The number of aromatic nitrogens is 2. The fourth-order valence-electron chi connectivity index (χ4n) is 4.00. The number of benzene rings is 2. The standard InChI is InChI=1S/C26H25N3O3S/c1-5-22(24(31)28-19-9-7-18(8-10-19)17(4)30)29-14-27-25-23(26(29)32)21(13-33-25)20-11-6-15(2)12-16(20)3/h6-14,22H,5H2,1-4H3,(H,28,31). The second kappa shape index (κ2) is 9.11. The van der Waals surface area contributed by atoms with E-state index in [0.29, 0.717) is 27.9 Å². The first-order valence-corrected chi connectivity index (χ1v) is 11.7. The lowest BCUT2D eigenvalue weighted by atomic mass is 9.99. The zero-order chi connectivity index (χ0) is 23.7. The van der Waals surface area contributed by atoms with E-state index < -0.39 is 6.04 Å². The van der Waals surface area contributed by atoms with Crippen LogP contribution < -0.4 is 10.9 Å². The van der Waals surface area contributed by atoms with Crippen LogP contribution in [-0.4, -0.2) is 21.2 Å². The van der Waals surface area contributed by atoms with Crippen LogP contribution in [0.15, 0.2) is 59.0 Å². The van der Waals surface area contributed by atoms with Crippen molar-refractivity contribution in [3.8, 4) is 11.1 Å². The van der Waals surface area contributed by atoms with Gasteiger partial charge in [-0.3, -0.25) is 19.0 Å². The van der Waals surface area contributed by atoms with Crippen LogP contribution >= 0.6 is 11.3 Å². The number of anilines is 1. The Morgan fingerprint density at radius 2 is 1.82 bits per heavy atom. The molecule has 0 spiro atoms. The molecule has 2 aromatic heterocycles. The number of ketones is 1. The molecule has 2 heterocycles. The number of nitrogens with one attached hydrogen (secondary N) is 1. The van der Waals surface area contributed by atoms with Gasteiger partial charge in [-0.15, -0.1) is 11.3 Å². The number of hydrogen-bond acceptors (Lipinski definition) is 5. The summed E-state index contributed by atoms with van der Waals surface area (Å²) in [6.07, 6.45) is 1.88. The summed E-state index contributed by atoms with van der Waals surface area (Å²) >= 11 is 1.43. The quantitative estimate of drug-likeness (QED) is 0.384. The smallest absolute Gasteiger partial charge is 0.263 e. The summed E-state index contributed by atoms with van der Waals surface area (Å²) in [7, 11) is 0. The van der Waals surface area contributed by atoms with Crippen LogP contribution in [0.2, 0.25) is 0 Å². The summed E-state index contributed by atoms with van der Waals surface area (Å²) in [4.78, 5) is 43.2. The molecule has 0 saturated carbocycles. The Labute approximate surface area is 195 Å². The third-order valence-corrected chi connectivity index (χ3v) is 6.66. The molecule has 1 atom stereocenters. The van der Waals surface area contributed by atoms with Crippen molar-refractivity contribution in [1.82, 2.24) is 9.55 Å². The minimum absolute atomic E-state index is 0.0411. The number of thiophene rings is 1. The van der Waals surface area contributed by atoms with E-state index in [0.717, 1.165) is 22.3 Å². The number of Topliss-reactive ketones (excluding diaryl/α,β-unsaturated/α-hetero) is 1. The monoisotopic (exact) mass is 459 g/mol. The molecule has 1 N–H and O–H groups in total. The van der Waals surface area contributed by atoms with Crippen molar-refractivity contribution in [2.45, 2.75) is 40.2 Å². The van der Waals surface area contributed by atoms with E-state index in [2.05, 4.69) is 16.4 Å². The third-order valence-electron chi connectivity index (χ3n) is 5.78. The summed E-state index contributed by atoms with van der Waals surface area (Å²) in [6, 6.07) is 12.1. The molecule has 1 unspecified atom stereocenters. The molecule has 0 radical (unpaired) electrons. The molecular formula is C26H25N3O3S. The Morgan fingerprint density at radius 1 is 1.09 bits per heavy atom. The number of aryl methyl sites for hydroxylation is 2. The molecule has 7 heteroatoms. The molecule has 6 nitrogen and oxygen atoms in total. The highest BCUT2D eigenvalue weighted by Gasteiger charge is 2.23. The van der Waals surface area contributed by atoms with Gasteiger partial charge in [0.25, 0.3) is 5.56 Å². The van der Waals surface area contributed by atoms with Gasteiger partial charge in [0.05, 0.1) is 11.7 Å². The molecule has 0 aliphatic heterocycles. The summed E-state index contributed by atoms with van der Waals surface area (Å²) in [5.74, 6) is -0.347. The summed E-state index contributed by atoms with van der Waals surface area (Å²) < 4.78 is 1.42. The van der Waals surface area contributed by atoms with Gasteiger partial charge >= 0.3 is 0 Å². The second-order valence-corrected chi connectivity index (χ2v) is 9.01. The van der Waals surface area contributed by atoms with Crippen molar-refractivity contribution in [1.29, 1.82) is 0 Å². The number of nitrogens with zero attached hydrogens (tertiary/aromatic N) is 2. The molecule has 0 fully saturated rings. The van der Waals surface area contributed by atoms with E-state index >= 15 is 0 Å². The van der Waals surface area contributed by atoms with Gasteiger partial charge in [-0.1, -0.05) is 30.7 Å². The van der Waals surface area contributed by atoms with Gasteiger partial charge in [0.15, 0.2) is 5.78 Å². The highest BCUT2D eigenvalue weighted by Crippen LogP contribution is 2.33. The topological polar surface area (TPSA) is 81.1 Å². The Kier molecular flexibility index (Phi) is 6.24. The fraction of sp³-hybridized carbons (Fsp3) is 0.231. The molecule has 4 rings (SSSR count). The van der Waals surface area contributed by atoms with Crippen molar-refractivity contribution < 1.29 is 9.59 Å². The van der Waals surface area contributed by atoms with E-state index in [4.69, 9.17) is 0 Å². The first-order chi connectivity index (χ1) is 15.8. The van der Waals surface area contributed by atoms with Crippen LogP contribution in [-0.2, 0) is 4.79 Å². The zero-order valence-corrected chi connectivity index (χ0v) is 19.8. The van der Waals surface area contributed by atoms with E-state index in [9.17, 15) is 14.4 Å². The van der Waals surface area contributed by atoms with E-state index in [1.165, 1.54) is 29.2 Å². The molecule has 0 saturated heterocycles. The molecular weight excluding hydrogens is 434 g/mol. The minimum Gasteiger partial charge on any atom is -0.324 e. The lowest BCUT2D eigenvalue weighted by Gasteiger charge is -2.18. The maximum Gasteiger partial charge on any atom is 0.263 e. The van der Waals surface area contributed by atoms with Crippen LogP contribution in [0.5, 0.6) is 0 Å². The number of fused-ring (bicyclic) bond motifs is 1. The predicted molar refractivity (Wildman–Crippen MR) is 133 cm³/mol. The molecule has 4 aromatic rings. The van der Waals surface area contributed by atoms with Crippen molar-refractivity contribution in [3.05, 3.63) is 81.2 Å². The van der Waals surface area contributed by atoms with Gasteiger partial charge in [0.2, 0.25) is 5.91 Å². The number of amides is 1. The van der Waals surface area contributed by atoms with Gasteiger partial charge in [0, 0.05) is 22.2 Å². The number of carbonyl (C=O) groups excluding carboxylic acids is 2. The van der Waals surface area contributed by atoms with Crippen molar-refractivity contribution in [2.24, 2.45) is 0 Å². The molecule has 168 valence electrons. The van der Waals surface area contributed by atoms with Crippen molar-refractivity contribution in [2.75, 3.05) is 5.32 Å². The average Bonchev–Trinajstić information content (AvgIpc) is 3.21. The highest BCUT2D eigenvalue weighted by atomic mass is 32.1. The number of carbonyl (C=O) groups is 2. The molecule has 2 aromatic carbocycles. The highest BCUT2D eigenvalue weighted by molar-refractivity contribution is 7.17. The molecule has 1 amide bonds. The van der Waals surface area contributed by atoms with Gasteiger partial charge in [0.1, 0.15) is 10.9 Å². The van der Waals surface area contributed by atoms with Gasteiger partial charge in [-0.2, -0.15) is 0 Å². The predicted octanol–water partition coefficient (Wildman–Crippen LogP) is 5.53. The Bertz CT molecular complexity index is 1420. The minimum atomic E-state index is -0.714. The average molecular weight is 460 g/mol. The SMILES string of the molecule is CCC(C(=O)Nc1ccc(C(C)=O)cc1)n1cnc2scc(-c3ccc(C)cc3C)c2c1=O. The van der Waals surface area contributed by atoms with E-state index in [1.807, 2.05) is 38.3 Å². The lowest BCUT2D eigenvalue weighted by Crippen LogP contribution is -2.33. The lowest BCUT2D eigenvalue weighted by molar-refractivity contribution is -0.119. The van der Waals surface area contributed by atoms with Crippen LogP contribution in [0, 0.1) is 13.8 Å². The number of hydrogen-bond donors (Lipinski definition) is 1. The van der Waals surface area contributed by atoms with Gasteiger partial charge in [-0.25, -0.2) is 4.98 Å². The Morgan fingerprint density at radius 3 is 2.45 bits per heavy atom. The normalized spacial score (nSPS) is 12.0. The molecule has 0 bridgehead atoms. The number of rotatable bonds is 6. The van der Waals surface area contributed by atoms with Crippen molar-refractivity contribution >= 4 is 38.9 Å². The van der Waals surface area contributed by atoms with Crippen LogP contribution in [0.25, 0.3) is 21.3 Å². The first-order valence-electron chi connectivity index (χ1n) is 10.8. The molecule has 0 aliphatic carbocycles. The zero-order valence-electron chi connectivity index (χ0n) is 19.0. The van der Waals surface area contributed by atoms with Crippen molar-refractivity contribution in [3.63, 3.8) is 0 Å². The Balaban J connectivity index is 1.71. The summed E-state index contributed by atoms with van der Waals surface area (Å²) in [5.41, 5.74) is 4.99. The maximum absolute atomic E-state index is 13.6. The Hall–Kier alpha value is -3.58. The second-order valence-electron chi connectivity index (χ2n) is 8.15. The summed E-state index contributed by atoms with van der Waals surface area (Å²) in [6.45, 7) is 7.42. The third kappa shape index (κ3) is 4.36. The van der Waals surface area contributed by atoms with Crippen LogP contribution in [0.1, 0.15) is 47.8 Å². The van der Waals surface area contributed by atoms with Gasteiger partial charge < -0.3 is 5.32 Å². The van der Waals surface area contributed by atoms with E-state index in [-0.39, 0.29) is 17.2 Å². The molecule has 0 aliphatic rings. The summed E-state index contributed by atoms with van der Waals surface area (Å²) in [5, 5.41) is 5.34. The van der Waals surface area contributed by atoms with Crippen LogP contribution in [0.3, 0.4) is 0 Å². The fourth-order valence-corrected chi connectivity index (χ4v) is 4.90. The maximum atomic E-state index is 13.6.